The zero-order valence-corrected chi connectivity index (χ0v) is 11.4. The molecule has 0 radical (unpaired) electrons. The number of carbonyl (C=O) groups excluding carboxylic acids is 2. The van der Waals surface area contributed by atoms with Crippen LogP contribution in [0.4, 0.5) is 0 Å². The van der Waals surface area contributed by atoms with Crippen LogP contribution in [0.3, 0.4) is 0 Å². The minimum Gasteiger partial charge on any atom is -0.458 e. The fourth-order valence-corrected chi connectivity index (χ4v) is 4.30. The summed E-state index contributed by atoms with van der Waals surface area (Å²) >= 11 is 0. The van der Waals surface area contributed by atoms with Crippen molar-refractivity contribution in [3.05, 3.63) is 12.2 Å². The van der Waals surface area contributed by atoms with E-state index in [2.05, 4.69) is 6.58 Å². The van der Waals surface area contributed by atoms with Gasteiger partial charge in [0.15, 0.2) is 0 Å². The van der Waals surface area contributed by atoms with Crippen molar-refractivity contribution in [1.82, 2.24) is 0 Å². The maximum atomic E-state index is 12.3. The number of carbonyl (C=O) groups is 2. The first-order chi connectivity index (χ1) is 8.79. The van der Waals surface area contributed by atoms with Crippen LogP contribution in [-0.2, 0) is 14.3 Å². The lowest BCUT2D eigenvalue weighted by Crippen LogP contribution is -2.49. The molecule has 19 heavy (non-hydrogen) atoms. The van der Waals surface area contributed by atoms with Crippen molar-refractivity contribution in [3.63, 3.8) is 0 Å². The van der Waals surface area contributed by atoms with E-state index in [1.807, 2.05) is 13.8 Å². The van der Waals surface area contributed by atoms with Crippen LogP contribution in [0.15, 0.2) is 12.2 Å². The van der Waals surface area contributed by atoms with Gasteiger partial charge in [0.05, 0.1) is 11.0 Å². The highest BCUT2D eigenvalue weighted by molar-refractivity contribution is 5.92. The van der Waals surface area contributed by atoms with Crippen LogP contribution >= 0.6 is 0 Å². The molecule has 104 valence electrons. The van der Waals surface area contributed by atoms with Crippen LogP contribution in [0.1, 0.15) is 39.5 Å². The minimum absolute atomic E-state index is 0.0577. The average molecular weight is 264 g/mol. The molecule has 5 atom stereocenters. The Morgan fingerprint density at radius 1 is 1.42 bits per heavy atom. The Morgan fingerprint density at radius 3 is 2.79 bits per heavy atom. The van der Waals surface area contributed by atoms with Crippen molar-refractivity contribution in [2.75, 3.05) is 0 Å². The second-order valence-electron chi connectivity index (χ2n) is 6.60. The minimum atomic E-state index is -0.971. The van der Waals surface area contributed by atoms with E-state index >= 15 is 0 Å². The van der Waals surface area contributed by atoms with Gasteiger partial charge in [-0.1, -0.05) is 13.5 Å². The van der Waals surface area contributed by atoms with E-state index < -0.39 is 11.0 Å². The third-order valence-electron chi connectivity index (χ3n) is 5.75. The highest BCUT2D eigenvalue weighted by Crippen LogP contribution is 2.57. The van der Waals surface area contributed by atoms with Gasteiger partial charge < -0.3 is 9.84 Å². The quantitative estimate of drug-likeness (QED) is 0.533. The molecule has 0 aromatic carbocycles. The number of aliphatic hydroxyl groups is 1. The summed E-state index contributed by atoms with van der Waals surface area (Å²) in [5.41, 5.74) is -1.29. The van der Waals surface area contributed by atoms with E-state index in [9.17, 15) is 14.7 Å². The second kappa shape index (κ2) is 3.69. The van der Waals surface area contributed by atoms with Crippen LogP contribution in [0, 0.1) is 17.3 Å². The molecule has 0 spiro atoms. The monoisotopic (exact) mass is 264 g/mol. The highest BCUT2D eigenvalue weighted by atomic mass is 16.6. The molecular formula is C15H20O4. The summed E-state index contributed by atoms with van der Waals surface area (Å²) in [4.78, 5) is 23.9. The van der Waals surface area contributed by atoms with Crippen LogP contribution < -0.4 is 0 Å². The highest BCUT2D eigenvalue weighted by Gasteiger charge is 2.63. The lowest BCUT2D eigenvalue weighted by molar-refractivity contribution is -0.144. The Kier molecular flexibility index (Phi) is 2.50. The molecule has 3 fully saturated rings. The standard InChI is InChI=1S/C15H20O4/c1-8-6-11-10(9(2)13(17)19-11)7-14(3)12(16)4-5-15(8,14)18/h8,10-11,18H,2,4-7H2,1,3H3/t8-,10+,11+,14+,15+/m1/s1. The van der Waals surface area contributed by atoms with Gasteiger partial charge in [0, 0.05) is 17.9 Å². The predicted octanol–water partition coefficient (Wildman–Crippen LogP) is 1.61. The Balaban J connectivity index is 2.05. The van der Waals surface area contributed by atoms with Crippen molar-refractivity contribution < 1.29 is 19.4 Å². The molecule has 1 aliphatic heterocycles. The summed E-state index contributed by atoms with van der Waals surface area (Å²) in [6.45, 7) is 7.61. The van der Waals surface area contributed by atoms with Gasteiger partial charge in [-0.3, -0.25) is 4.79 Å². The van der Waals surface area contributed by atoms with Gasteiger partial charge in [0.2, 0.25) is 0 Å². The Labute approximate surface area is 112 Å². The van der Waals surface area contributed by atoms with Gasteiger partial charge in [-0.2, -0.15) is 0 Å². The maximum Gasteiger partial charge on any atom is 0.334 e. The molecule has 0 amide bonds. The molecule has 2 aliphatic carbocycles. The van der Waals surface area contributed by atoms with Gasteiger partial charge >= 0.3 is 5.97 Å². The summed E-state index contributed by atoms with van der Waals surface area (Å²) in [6, 6.07) is 0. The number of hydrogen-bond acceptors (Lipinski definition) is 4. The van der Waals surface area contributed by atoms with E-state index in [4.69, 9.17) is 4.74 Å². The first-order valence-corrected chi connectivity index (χ1v) is 6.95. The van der Waals surface area contributed by atoms with Crippen LogP contribution in [0.2, 0.25) is 0 Å². The number of hydrogen-bond donors (Lipinski definition) is 1. The van der Waals surface area contributed by atoms with E-state index in [-0.39, 0.29) is 29.7 Å². The molecule has 2 saturated carbocycles. The molecule has 1 saturated heterocycles. The summed E-state index contributed by atoms with van der Waals surface area (Å²) in [7, 11) is 0. The second-order valence-corrected chi connectivity index (χ2v) is 6.60. The zero-order valence-electron chi connectivity index (χ0n) is 11.4. The Hall–Kier alpha value is -1.16. The number of esters is 1. The molecule has 4 nitrogen and oxygen atoms in total. The summed E-state index contributed by atoms with van der Waals surface area (Å²) in [5.74, 6) is -0.426. The predicted molar refractivity (Wildman–Crippen MR) is 68.2 cm³/mol. The van der Waals surface area contributed by atoms with Crippen molar-refractivity contribution >= 4 is 11.8 Å². The van der Waals surface area contributed by atoms with Gasteiger partial charge in [0.25, 0.3) is 0 Å². The van der Waals surface area contributed by atoms with Crippen LogP contribution in [-0.4, -0.2) is 28.6 Å². The summed E-state index contributed by atoms with van der Waals surface area (Å²) in [6.07, 6.45) is 1.80. The average Bonchev–Trinajstić information content (AvgIpc) is 2.70. The Bertz CT molecular complexity index is 483. The van der Waals surface area contributed by atoms with Crippen LogP contribution in [0.5, 0.6) is 0 Å². The molecule has 1 N–H and O–H groups in total. The zero-order chi connectivity index (χ0) is 14.0. The molecule has 0 aromatic rings. The van der Waals surface area contributed by atoms with Crippen molar-refractivity contribution in [2.24, 2.45) is 17.3 Å². The van der Waals surface area contributed by atoms with Gasteiger partial charge in [-0.15, -0.1) is 0 Å². The molecular weight excluding hydrogens is 244 g/mol. The number of ether oxygens (including phenoxy) is 1. The topological polar surface area (TPSA) is 63.6 Å². The normalized spacial score (nSPS) is 49.6. The third kappa shape index (κ3) is 1.43. The fraction of sp³-hybridized carbons (Fsp3) is 0.733. The van der Waals surface area contributed by atoms with Gasteiger partial charge in [-0.05, 0) is 32.1 Å². The fourth-order valence-electron chi connectivity index (χ4n) is 4.30. The molecule has 0 bridgehead atoms. The summed E-state index contributed by atoms with van der Waals surface area (Å²) in [5, 5.41) is 11.0. The Morgan fingerprint density at radius 2 is 2.11 bits per heavy atom. The first-order valence-electron chi connectivity index (χ1n) is 6.95. The summed E-state index contributed by atoms with van der Waals surface area (Å²) < 4.78 is 5.36. The molecule has 0 unspecified atom stereocenters. The van der Waals surface area contributed by atoms with Gasteiger partial charge in [-0.25, -0.2) is 4.79 Å². The third-order valence-corrected chi connectivity index (χ3v) is 5.75. The molecule has 1 heterocycles. The lowest BCUT2D eigenvalue weighted by Gasteiger charge is -2.41. The van der Waals surface area contributed by atoms with Crippen molar-refractivity contribution in [1.29, 1.82) is 0 Å². The van der Waals surface area contributed by atoms with Crippen LogP contribution in [0.25, 0.3) is 0 Å². The van der Waals surface area contributed by atoms with Crippen molar-refractivity contribution in [2.45, 2.75) is 51.2 Å². The van der Waals surface area contributed by atoms with E-state index in [1.165, 1.54) is 0 Å². The molecule has 3 aliphatic rings. The number of rotatable bonds is 0. The number of ketones is 1. The van der Waals surface area contributed by atoms with Crippen molar-refractivity contribution in [3.8, 4) is 0 Å². The van der Waals surface area contributed by atoms with E-state index in [0.29, 0.717) is 31.3 Å². The van der Waals surface area contributed by atoms with Gasteiger partial charge in [0.1, 0.15) is 11.9 Å². The SMILES string of the molecule is C=C1C(=O)O[C@H]2C[C@@H](C)[C@@]3(O)CCC(=O)[C@]3(C)C[C@@H]12. The maximum absolute atomic E-state index is 12.3. The number of Topliss-reactive ketones (excluding diaryl/α,β-unsaturated/α-hetero) is 1. The molecule has 3 rings (SSSR count). The first kappa shape index (κ1) is 12.9. The largest absolute Gasteiger partial charge is 0.458 e. The molecule has 4 heteroatoms. The van der Waals surface area contributed by atoms with E-state index in [1.54, 1.807) is 0 Å². The van der Waals surface area contributed by atoms with E-state index in [0.717, 1.165) is 0 Å². The molecule has 0 aromatic heterocycles. The number of fused-ring (bicyclic) bond motifs is 2. The lowest BCUT2D eigenvalue weighted by atomic mass is 9.66. The smallest absolute Gasteiger partial charge is 0.334 e.